The topological polar surface area (TPSA) is 46.5 Å². The second-order valence-electron chi connectivity index (χ2n) is 5.83. The van der Waals surface area contributed by atoms with Gasteiger partial charge in [0.15, 0.2) is 5.78 Å². The fourth-order valence-electron chi connectivity index (χ4n) is 2.93. The van der Waals surface area contributed by atoms with E-state index in [0.29, 0.717) is 30.6 Å². The van der Waals surface area contributed by atoms with Crippen LogP contribution in [0, 0.1) is 0 Å². The lowest BCUT2D eigenvalue weighted by molar-refractivity contribution is -0.114. The molecule has 1 N–H and O–H groups in total. The molecular weight excluding hydrogens is 368 g/mol. The number of Topliss-reactive ketones (excluding diaryl/α,β-unsaturated/α-hetero) is 1. The van der Waals surface area contributed by atoms with E-state index in [2.05, 4.69) is 15.9 Å². The molecule has 0 spiro atoms. The number of halogens is 1. The average Bonchev–Trinajstić information content (AvgIpc) is 2.57. The molecule has 2 aromatic carbocycles. The lowest BCUT2D eigenvalue weighted by atomic mass is 9.87. The van der Waals surface area contributed by atoms with Gasteiger partial charge in [-0.25, -0.2) is 0 Å². The molecule has 124 valence electrons. The summed E-state index contributed by atoms with van der Waals surface area (Å²) in [4.78, 5) is 12.3. The van der Waals surface area contributed by atoms with E-state index in [-0.39, 0.29) is 11.5 Å². The zero-order chi connectivity index (χ0) is 17.1. The van der Waals surface area contributed by atoms with Gasteiger partial charge < -0.3 is 9.84 Å². The van der Waals surface area contributed by atoms with Gasteiger partial charge in [-0.15, -0.1) is 0 Å². The number of ketones is 1. The Labute approximate surface area is 150 Å². The van der Waals surface area contributed by atoms with Crippen molar-refractivity contribution in [2.45, 2.75) is 32.6 Å². The summed E-state index contributed by atoms with van der Waals surface area (Å²) in [6, 6.07) is 13.3. The van der Waals surface area contributed by atoms with Crippen molar-refractivity contribution in [3.05, 3.63) is 63.8 Å². The van der Waals surface area contributed by atoms with Gasteiger partial charge >= 0.3 is 0 Å². The average molecular weight is 387 g/mol. The summed E-state index contributed by atoms with van der Waals surface area (Å²) in [5, 5.41) is 10.2. The van der Waals surface area contributed by atoms with E-state index in [1.807, 2.05) is 49.4 Å². The van der Waals surface area contributed by atoms with Crippen molar-refractivity contribution in [2.75, 3.05) is 0 Å². The Morgan fingerprint density at radius 2 is 1.79 bits per heavy atom. The Hall–Kier alpha value is -2.07. The number of allylic oxidation sites excluding steroid dienone is 2. The molecule has 0 aromatic heterocycles. The molecule has 0 unspecified atom stereocenters. The van der Waals surface area contributed by atoms with Crippen LogP contribution in [0.4, 0.5) is 0 Å². The normalized spacial score (nSPS) is 14.8. The van der Waals surface area contributed by atoms with Crippen molar-refractivity contribution >= 4 is 27.3 Å². The Bertz CT molecular complexity index is 791. The van der Waals surface area contributed by atoms with Crippen LogP contribution < -0.4 is 4.74 Å². The summed E-state index contributed by atoms with van der Waals surface area (Å²) >= 11 is 3.40. The highest BCUT2D eigenvalue weighted by Crippen LogP contribution is 2.34. The first-order chi connectivity index (χ1) is 11.6. The highest BCUT2D eigenvalue weighted by molar-refractivity contribution is 9.10. The third-order valence-electron chi connectivity index (χ3n) is 4.17. The minimum absolute atomic E-state index is 0.00856. The number of benzene rings is 2. The maximum absolute atomic E-state index is 12.3. The van der Waals surface area contributed by atoms with Crippen molar-refractivity contribution < 1.29 is 14.6 Å². The number of hydrogen-bond donors (Lipinski definition) is 1. The molecule has 1 aliphatic rings. The van der Waals surface area contributed by atoms with Crippen molar-refractivity contribution in [3.8, 4) is 11.5 Å². The summed E-state index contributed by atoms with van der Waals surface area (Å²) in [6.45, 7) is 2.04. The number of aryl methyl sites for hydroxylation is 1. The van der Waals surface area contributed by atoms with E-state index in [0.717, 1.165) is 27.8 Å². The van der Waals surface area contributed by atoms with Crippen molar-refractivity contribution in [3.63, 3.8) is 0 Å². The predicted molar refractivity (Wildman–Crippen MR) is 98.4 cm³/mol. The van der Waals surface area contributed by atoms with Crippen LogP contribution in [0.3, 0.4) is 0 Å². The molecule has 0 aliphatic heterocycles. The summed E-state index contributed by atoms with van der Waals surface area (Å²) in [5.41, 5.74) is 2.28. The Morgan fingerprint density at radius 3 is 2.46 bits per heavy atom. The quantitative estimate of drug-likeness (QED) is 0.719. The van der Waals surface area contributed by atoms with Gasteiger partial charge in [0.05, 0.1) is 5.57 Å². The smallest absolute Gasteiger partial charge is 0.166 e. The fraction of sp³-hybridized carbons (Fsp3) is 0.250. The van der Waals surface area contributed by atoms with Crippen molar-refractivity contribution in [1.29, 1.82) is 0 Å². The number of carbonyl (C=O) groups is 1. The first-order valence-electron chi connectivity index (χ1n) is 8.10. The SMILES string of the molecule is CCc1ccc(Oc2ccc(Br)cc2)cc1C1=C(O)CCCC1=O. The zero-order valence-electron chi connectivity index (χ0n) is 13.5. The maximum atomic E-state index is 12.3. The first kappa shape index (κ1) is 16.8. The maximum Gasteiger partial charge on any atom is 0.166 e. The van der Waals surface area contributed by atoms with Crippen LogP contribution in [0.5, 0.6) is 11.5 Å². The minimum Gasteiger partial charge on any atom is -0.512 e. The molecule has 2 aromatic rings. The van der Waals surface area contributed by atoms with E-state index in [1.54, 1.807) is 0 Å². The number of aliphatic hydroxyl groups excluding tert-OH is 1. The highest BCUT2D eigenvalue weighted by atomic mass is 79.9. The van der Waals surface area contributed by atoms with E-state index in [9.17, 15) is 9.90 Å². The summed E-state index contributed by atoms with van der Waals surface area (Å²) in [7, 11) is 0. The van der Waals surface area contributed by atoms with Gasteiger partial charge in [0.2, 0.25) is 0 Å². The minimum atomic E-state index is 0.00856. The van der Waals surface area contributed by atoms with E-state index >= 15 is 0 Å². The number of rotatable bonds is 4. The molecule has 1 aliphatic carbocycles. The van der Waals surface area contributed by atoms with Crippen LogP contribution in [-0.2, 0) is 11.2 Å². The standard InChI is InChI=1S/C20H19BrO3/c1-2-13-6-9-16(24-15-10-7-14(21)8-11-15)12-17(13)20-18(22)4-3-5-19(20)23/h6-12,22H,2-5H2,1H3. The largest absolute Gasteiger partial charge is 0.512 e. The molecule has 0 saturated heterocycles. The Balaban J connectivity index is 1.99. The van der Waals surface area contributed by atoms with E-state index in [4.69, 9.17) is 4.74 Å². The number of aliphatic hydroxyl groups is 1. The van der Waals surface area contributed by atoms with E-state index < -0.39 is 0 Å². The molecule has 0 saturated carbocycles. The molecule has 24 heavy (non-hydrogen) atoms. The predicted octanol–water partition coefficient (Wildman–Crippen LogP) is 5.83. The molecule has 0 amide bonds. The number of carbonyl (C=O) groups excluding carboxylic acids is 1. The molecule has 0 bridgehead atoms. The molecule has 0 fully saturated rings. The van der Waals surface area contributed by atoms with Gasteiger partial charge in [0.25, 0.3) is 0 Å². The van der Waals surface area contributed by atoms with Crippen LogP contribution in [0.15, 0.2) is 52.7 Å². The van der Waals surface area contributed by atoms with Crippen molar-refractivity contribution in [2.24, 2.45) is 0 Å². The lowest BCUT2D eigenvalue weighted by Crippen LogP contribution is -2.12. The third kappa shape index (κ3) is 3.54. The van der Waals surface area contributed by atoms with Gasteiger partial charge in [0, 0.05) is 17.3 Å². The molecule has 4 heteroatoms. The lowest BCUT2D eigenvalue weighted by Gasteiger charge is -2.18. The van der Waals surface area contributed by atoms with Crippen LogP contribution >= 0.6 is 15.9 Å². The van der Waals surface area contributed by atoms with Gasteiger partial charge in [-0.1, -0.05) is 28.9 Å². The fourth-order valence-corrected chi connectivity index (χ4v) is 3.20. The Kier molecular flexibility index (Phi) is 5.05. The Morgan fingerprint density at radius 1 is 1.08 bits per heavy atom. The van der Waals surface area contributed by atoms with Crippen LogP contribution in [0.1, 0.15) is 37.3 Å². The van der Waals surface area contributed by atoms with Crippen LogP contribution in [-0.4, -0.2) is 10.9 Å². The van der Waals surface area contributed by atoms with Gasteiger partial charge in [-0.2, -0.15) is 0 Å². The third-order valence-corrected chi connectivity index (χ3v) is 4.69. The molecule has 0 atom stereocenters. The summed E-state index contributed by atoms with van der Waals surface area (Å²) < 4.78 is 6.88. The summed E-state index contributed by atoms with van der Waals surface area (Å²) in [5.74, 6) is 1.58. The summed E-state index contributed by atoms with van der Waals surface area (Å²) in [6.07, 6.45) is 2.55. The van der Waals surface area contributed by atoms with Gasteiger partial charge in [0.1, 0.15) is 17.3 Å². The monoisotopic (exact) mass is 386 g/mol. The molecule has 3 rings (SSSR count). The molecule has 0 heterocycles. The van der Waals surface area contributed by atoms with E-state index in [1.165, 1.54) is 0 Å². The number of ether oxygens (including phenoxy) is 1. The van der Waals surface area contributed by atoms with Crippen molar-refractivity contribution in [1.82, 2.24) is 0 Å². The zero-order valence-corrected chi connectivity index (χ0v) is 15.1. The van der Waals surface area contributed by atoms with Gasteiger partial charge in [-0.3, -0.25) is 4.79 Å². The molecular formula is C20H19BrO3. The van der Waals surface area contributed by atoms with Crippen LogP contribution in [0.25, 0.3) is 5.57 Å². The number of hydrogen-bond acceptors (Lipinski definition) is 3. The molecule has 0 radical (unpaired) electrons. The van der Waals surface area contributed by atoms with Crippen LogP contribution in [0.2, 0.25) is 0 Å². The first-order valence-corrected chi connectivity index (χ1v) is 8.90. The highest BCUT2D eigenvalue weighted by Gasteiger charge is 2.24. The van der Waals surface area contributed by atoms with Gasteiger partial charge in [-0.05, 0) is 60.4 Å². The molecule has 3 nitrogen and oxygen atoms in total. The second kappa shape index (κ2) is 7.22. The second-order valence-corrected chi connectivity index (χ2v) is 6.74.